The molecule has 3 nitrogen and oxygen atoms in total. The van der Waals surface area contributed by atoms with Crippen LogP contribution < -0.4 is 0 Å². The maximum absolute atomic E-state index is 12.9. The Hall–Kier alpha value is -1.32. The van der Waals surface area contributed by atoms with Crippen molar-refractivity contribution in [2.45, 2.75) is 38.6 Å². The monoisotopic (exact) mass is 305 g/mol. The van der Waals surface area contributed by atoms with Gasteiger partial charge < -0.3 is 4.42 Å². The molecule has 0 N–H and O–H groups in total. The fraction of sp³-hybridized carbons (Fsp3) is 0.471. The summed E-state index contributed by atoms with van der Waals surface area (Å²) in [7, 11) is 0. The molecular formula is C17H20ClNO2. The zero-order chi connectivity index (χ0) is 15.0. The van der Waals surface area contributed by atoms with E-state index in [1.807, 2.05) is 26.0 Å². The molecule has 0 atom stereocenters. The average Bonchev–Trinajstić information content (AvgIpc) is 2.93. The Kier molecular flexibility index (Phi) is 3.80. The van der Waals surface area contributed by atoms with Gasteiger partial charge in [-0.3, -0.25) is 9.69 Å². The van der Waals surface area contributed by atoms with Crippen LogP contribution in [0, 0.1) is 0 Å². The van der Waals surface area contributed by atoms with Crippen LogP contribution in [-0.4, -0.2) is 29.3 Å². The van der Waals surface area contributed by atoms with Crippen molar-refractivity contribution in [2.24, 2.45) is 0 Å². The molecule has 0 amide bonds. The molecule has 2 heterocycles. The van der Waals surface area contributed by atoms with Crippen molar-refractivity contribution in [2.75, 3.05) is 13.1 Å². The van der Waals surface area contributed by atoms with E-state index in [1.54, 1.807) is 12.1 Å². The maximum Gasteiger partial charge on any atom is 0.217 e. The molecule has 1 aliphatic heterocycles. The van der Waals surface area contributed by atoms with Gasteiger partial charge in [0, 0.05) is 5.39 Å². The number of ketones is 1. The highest BCUT2D eigenvalue weighted by molar-refractivity contribution is 6.34. The lowest BCUT2D eigenvalue weighted by Crippen LogP contribution is -2.52. The molecule has 0 radical (unpaired) electrons. The molecule has 0 saturated carbocycles. The highest BCUT2D eigenvalue weighted by Gasteiger charge is 2.37. The van der Waals surface area contributed by atoms with Crippen LogP contribution in [0.15, 0.2) is 28.7 Å². The van der Waals surface area contributed by atoms with Gasteiger partial charge in [-0.2, -0.15) is 0 Å². The van der Waals surface area contributed by atoms with E-state index in [4.69, 9.17) is 16.0 Å². The number of halogens is 1. The largest absolute Gasteiger partial charge is 0.451 e. The minimum Gasteiger partial charge on any atom is -0.451 e. The topological polar surface area (TPSA) is 33.5 Å². The number of rotatable bonds is 3. The number of carbonyl (C=O) groups is 1. The molecule has 0 aliphatic carbocycles. The number of fused-ring (bicyclic) bond motifs is 1. The van der Waals surface area contributed by atoms with E-state index in [9.17, 15) is 4.79 Å². The number of Topliss-reactive ketones (excluding diaryl/α,β-unsaturated/α-hetero) is 1. The lowest BCUT2D eigenvalue weighted by atomic mass is 9.92. The summed E-state index contributed by atoms with van der Waals surface area (Å²) in [5, 5.41) is 1.42. The Morgan fingerprint density at radius 1 is 1.24 bits per heavy atom. The van der Waals surface area contributed by atoms with Crippen LogP contribution in [-0.2, 0) is 0 Å². The highest BCUT2D eigenvalue weighted by atomic mass is 35.5. The first kappa shape index (κ1) is 14.6. The van der Waals surface area contributed by atoms with Crippen LogP contribution in [0.2, 0.25) is 5.02 Å². The predicted octanol–water partition coefficient (Wildman–Crippen LogP) is 4.53. The number of likely N-dealkylation sites (tertiary alicyclic amines) is 1. The van der Waals surface area contributed by atoms with Crippen LogP contribution >= 0.6 is 11.6 Å². The minimum atomic E-state index is -0.541. The molecule has 1 saturated heterocycles. The van der Waals surface area contributed by atoms with Gasteiger partial charge in [-0.1, -0.05) is 30.2 Å². The lowest BCUT2D eigenvalue weighted by Gasteiger charge is -2.39. The molecule has 0 spiro atoms. The summed E-state index contributed by atoms with van der Waals surface area (Å²) in [4.78, 5) is 15.1. The number of benzene rings is 1. The third-order valence-electron chi connectivity index (χ3n) is 4.42. The standard InChI is InChI=1S/C17H20ClNO2/c1-17(2,19-9-4-3-5-10-19)16(20)14-11-12-7-6-8-13(18)15(12)21-14/h6-8,11H,3-5,9-10H2,1-2H3. The Morgan fingerprint density at radius 3 is 2.62 bits per heavy atom. The van der Waals surface area contributed by atoms with Gasteiger partial charge in [0.15, 0.2) is 11.3 Å². The fourth-order valence-electron chi connectivity index (χ4n) is 3.04. The molecule has 0 unspecified atom stereocenters. The van der Waals surface area contributed by atoms with E-state index >= 15 is 0 Å². The van der Waals surface area contributed by atoms with Gasteiger partial charge in [0.05, 0.1) is 10.6 Å². The number of hydrogen-bond donors (Lipinski definition) is 0. The van der Waals surface area contributed by atoms with Gasteiger partial charge in [0.1, 0.15) is 0 Å². The first-order chi connectivity index (χ1) is 10.00. The normalized spacial score (nSPS) is 17.3. The molecule has 112 valence electrons. The van der Waals surface area contributed by atoms with Crippen LogP contribution in [0.4, 0.5) is 0 Å². The number of piperidine rings is 1. The third kappa shape index (κ3) is 2.60. The van der Waals surface area contributed by atoms with Crippen LogP contribution in [0.25, 0.3) is 11.0 Å². The lowest BCUT2D eigenvalue weighted by molar-refractivity contribution is 0.0553. The van der Waals surface area contributed by atoms with Crippen LogP contribution in [0.1, 0.15) is 43.7 Å². The molecule has 0 bridgehead atoms. The van der Waals surface area contributed by atoms with Crippen molar-refractivity contribution >= 4 is 28.4 Å². The maximum atomic E-state index is 12.9. The Labute approximate surface area is 129 Å². The molecule has 1 aromatic carbocycles. The summed E-state index contributed by atoms with van der Waals surface area (Å²) in [6.45, 7) is 5.91. The van der Waals surface area contributed by atoms with Gasteiger partial charge in [-0.25, -0.2) is 0 Å². The van der Waals surface area contributed by atoms with E-state index in [2.05, 4.69) is 4.90 Å². The zero-order valence-corrected chi connectivity index (χ0v) is 13.2. The molecule has 21 heavy (non-hydrogen) atoms. The molecule has 1 aromatic heterocycles. The van der Waals surface area contributed by atoms with Gasteiger partial charge in [0.25, 0.3) is 0 Å². The van der Waals surface area contributed by atoms with Crippen LogP contribution in [0.5, 0.6) is 0 Å². The van der Waals surface area contributed by atoms with E-state index < -0.39 is 5.54 Å². The number of hydrogen-bond acceptors (Lipinski definition) is 3. The van der Waals surface area contributed by atoms with Gasteiger partial charge in [0.2, 0.25) is 5.78 Å². The van der Waals surface area contributed by atoms with Crippen molar-refractivity contribution < 1.29 is 9.21 Å². The van der Waals surface area contributed by atoms with Crippen molar-refractivity contribution in [3.05, 3.63) is 35.0 Å². The average molecular weight is 306 g/mol. The number of para-hydroxylation sites is 1. The smallest absolute Gasteiger partial charge is 0.217 e. The van der Waals surface area contributed by atoms with Crippen LogP contribution in [0.3, 0.4) is 0 Å². The van der Waals surface area contributed by atoms with Crippen molar-refractivity contribution in [3.8, 4) is 0 Å². The Bertz CT molecular complexity index is 668. The summed E-state index contributed by atoms with van der Waals surface area (Å²) >= 11 is 6.12. The van der Waals surface area contributed by atoms with Gasteiger partial charge >= 0.3 is 0 Å². The fourth-order valence-corrected chi connectivity index (χ4v) is 3.26. The van der Waals surface area contributed by atoms with E-state index in [-0.39, 0.29) is 5.78 Å². The minimum absolute atomic E-state index is 0.0247. The number of carbonyl (C=O) groups excluding carboxylic acids is 1. The second kappa shape index (κ2) is 5.47. The molecule has 1 fully saturated rings. The molecule has 1 aliphatic rings. The van der Waals surface area contributed by atoms with E-state index in [0.717, 1.165) is 31.3 Å². The highest BCUT2D eigenvalue weighted by Crippen LogP contribution is 2.30. The quantitative estimate of drug-likeness (QED) is 0.781. The molecule has 2 aromatic rings. The van der Waals surface area contributed by atoms with Crippen molar-refractivity contribution in [1.82, 2.24) is 4.90 Å². The Balaban J connectivity index is 1.93. The van der Waals surface area contributed by atoms with E-state index in [0.29, 0.717) is 16.4 Å². The van der Waals surface area contributed by atoms with Gasteiger partial charge in [-0.05, 0) is 51.9 Å². The molecular weight excluding hydrogens is 286 g/mol. The summed E-state index contributed by atoms with van der Waals surface area (Å²) in [6, 6.07) is 7.35. The predicted molar refractivity (Wildman–Crippen MR) is 85.1 cm³/mol. The second-order valence-corrected chi connectivity index (χ2v) is 6.61. The summed E-state index contributed by atoms with van der Waals surface area (Å²) in [5.74, 6) is 0.422. The van der Waals surface area contributed by atoms with Crippen molar-refractivity contribution in [3.63, 3.8) is 0 Å². The number of nitrogens with zero attached hydrogens (tertiary/aromatic N) is 1. The third-order valence-corrected chi connectivity index (χ3v) is 4.72. The zero-order valence-electron chi connectivity index (χ0n) is 12.5. The number of furan rings is 1. The summed E-state index contributed by atoms with van der Waals surface area (Å²) in [6.07, 6.45) is 3.56. The first-order valence-electron chi connectivity index (χ1n) is 7.48. The first-order valence-corrected chi connectivity index (χ1v) is 7.86. The van der Waals surface area contributed by atoms with Gasteiger partial charge in [-0.15, -0.1) is 0 Å². The SMILES string of the molecule is CC(C)(C(=O)c1cc2cccc(Cl)c2o1)N1CCCCC1. The van der Waals surface area contributed by atoms with Crippen molar-refractivity contribution in [1.29, 1.82) is 0 Å². The summed E-state index contributed by atoms with van der Waals surface area (Å²) < 4.78 is 5.73. The summed E-state index contributed by atoms with van der Waals surface area (Å²) in [5.41, 5.74) is 0.0535. The second-order valence-electron chi connectivity index (χ2n) is 6.20. The van der Waals surface area contributed by atoms with E-state index in [1.165, 1.54) is 6.42 Å². The Morgan fingerprint density at radius 2 is 1.95 bits per heavy atom. The molecule has 4 heteroatoms. The molecule has 3 rings (SSSR count).